The van der Waals surface area contributed by atoms with Gasteiger partial charge in [0, 0.05) is 0 Å². The molecule has 0 aromatic heterocycles. The van der Waals surface area contributed by atoms with Crippen molar-refractivity contribution in [1.29, 1.82) is 0 Å². The SMILES string of the molecule is CC.[B]Cc1ccc(CC(C)C)cc1. The third kappa shape index (κ3) is 5.11. The summed E-state index contributed by atoms with van der Waals surface area (Å²) >= 11 is 0. The van der Waals surface area contributed by atoms with Gasteiger partial charge in [0.15, 0.2) is 0 Å². The summed E-state index contributed by atoms with van der Waals surface area (Å²) in [4.78, 5) is 0. The third-order valence-corrected chi connectivity index (χ3v) is 1.90. The number of rotatable bonds is 3. The van der Waals surface area contributed by atoms with Crippen LogP contribution in [0, 0.1) is 5.92 Å². The highest BCUT2D eigenvalue weighted by atomic mass is 14.0. The monoisotopic (exact) mass is 188 g/mol. The van der Waals surface area contributed by atoms with Crippen LogP contribution in [0.3, 0.4) is 0 Å². The van der Waals surface area contributed by atoms with Crippen molar-refractivity contribution < 1.29 is 0 Å². The second kappa shape index (κ2) is 7.67. The van der Waals surface area contributed by atoms with Crippen LogP contribution in [0.1, 0.15) is 38.8 Å². The molecule has 0 fully saturated rings. The minimum absolute atomic E-state index is 0.641. The fourth-order valence-electron chi connectivity index (χ4n) is 1.28. The summed E-state index contributed by atoms with van der Waals surface area (Å²) in [5.74, 6) is 0.730. The second-order valence-corrected chi connectivity index (χ2v) is 3.62. The van der Waals surface area contributed by atoms with Gasteiger partial charge in [-0.15, -0.1) is 0 Å². The lowest BCUT2D eigenvalue weighted by Crippen LogP contribution is -1.94. The number of hydrogen-bond donors (Lipinski definition) is 0. The van der Waals surface area contributed by atoms with Gasteiger partial charge in [0.25, 0.3) is 0 Å². The van der Waals surface area contributed by atoms with Gasteiger partial charge in [0.05, 0.1) is 7.85 Å². The first-order chi connectivity index (χ1) is 6.72. The van der Waals surface area contributed by atoms with Gasteiger partial charge in [0.2, 0.25) is 0 Å². The fourth-order valence-corrected chi connectivity index (χ4v) is 1.28. The fraction of sp³-hybridized carbons (Fsp3) is 0.538. The van der Waals surface area contributed by atoms with Crippen LogP contribution in [0.15, 0.2) is 24.3 Å². The van der Waals surface area contributed by atoms with E-state index in [1.807, 2.05) is 13.8 Å². The van der Waals surface area contributed by atoms with Gasteiger partial charge < -0.3 is 0 Å². The summed E-state index contributed by atoms with van der Waals surface area (Å²) in [6, 6.07) is 8.56. The smallest absolute Gasteiger partial charge is 0.0683 e. The lowest BCUT2D eigenvalue weighted by Gasteiger charge is -2.05. The first kappa shape index (κ1) is 13.3. The zero-order valence-corrected chi connectivity index (χ0v) is 9.88. The summed E-state index contributed by atoms with van der Waals surface area (Å²) in [5.41, 5.74) is 2.62. The minimum atomic E-state index is 0.641. The van der Waals surface area contributed by atoms with Crippen LogP contribution in [-0.4, -0.2) is 7.85 Å². The molecular weight excluding hydrogens is 167 g/mol. The molecule has 1 aromatic rings. The lowest BCUT2D eigenvalue weighted by molar-refractivity contribution is 0.647. The van der Waals surface area contributed by atoms with E-state index in [0.717, 1.165) is 12.3 Å². The summed E-state index contributed by atoms with van der Waals surface area (Å²) in [6.07, 6.45) is 1.80. The average Bonchev–Trinajstić information content (AvgIpc) is 2.21. The Kier molecular flexibility index (Phi) is 7.28. The maximum Gasteiger partial charge on any atom is 0.0716 e. The zero-order chi connectivity index (χ0) is 11.0. The van der Waals surface area contributed by atoms with Crippen molar-refractivity contribution in [3.05, 3.63) is 35.4 Å². The Hall–Kier alpha value is -0.715. The van der Waals surface area contributed by atoms with Crippen LogP contribution in [0.4, 0.5) is 0 Å². The molecule has 2 radical (unpaired) electrons. The molecular formula is C13H21B. The quantitative estimate of drug-likeness (QED) is 0.636. The van der Waals surface area contributed by atoms with Crippen LogP contribution in [0.2, 0.25) is 0 Å². The number of benzene rings is 1. The molecule has 1 rings (SSSR count). The van der Waals surface area contributed by atoms with Crippen molar-refractivity contribution >= 4 is 7.85 Å². The van der Waals surface area contributed by atoms with Gasteiger partial charge in [-0.2, -0.15) is 0 Å². The largest absolute Gasteiger partial charge is 0.0716 e. The molecule has 0 aliphatic heterocycles. The Balaban J connectivity index is 0.000000791. The van der Waals surface area contributed by atoms with E-state index in [2.05, 4.69) is 38.1 Å². The van der Waals surface area contributed by atoms with Crippen molar-refractivity contribution in [3.8, 4) is 0 Å². The molecule has 0 amide bonds. The average molecular weight is 188 g/mol. The van der Waals surface area contributed by atoms with Crippen LogP contribution in [0.25, 0.3) is 0 Å². The van der Waals surface area contributed by atoms with Gasteiger partial charge >= 0.3 is 0 Å². The van der Waals surface area contributed by atoms with Gasteiger partial charge in [-0.05, 0) is 17.9 Å². The van der Waals surface area contributed by atoms with Crippen molar-refractivity contribution in [2.24, 2.45) is 5.92 Å². The molecule has 0 heterocycles. The topological polar surface area (TPSA) is 0 Å². The highest BCUT2D eigenvalue weighted by Gasteiger charge is 1.96. The molecule has 0 unspecified atom stereocenters. The molecule has 1 aromatic carbocycles. The zero-order valence-electron chi connectivity index (χ0n) is 9.88. The normalized spacial score (nSPS) is 9.50. The summed E-state index contributed by atoms with van der Waals surface area (Å²) < 4.78 is 0. The molecule has 0 bridgehead atoms. The van der Waals surface area contributed by atoms with Crippen molar-refractivity contribution in [1.82, 2.24) is 0 Å². The standard InChI is InChI=1S/C11H15B.C2H6/c1-9(2)7-10-3-5-11(8-12)6-4-10;1-2/h3-6,9H,7-8H2,1-2H3;1-2H3. The molecule has 0 nitrogen and oxygen atoms in total. The van der Waals surface area contributed by atoms with E-state index >= 15 is 0 Å². The molecule has 14 heavy (non-hydrogen) atoms. The second-order valence-electron chi connectivity index (χ2n) is 3.62. The van der Waals surface area contributed by atoms with Gasteiger partial charge in [-0.1, -0.05) is 63.8 Å². The van der Waals surface area contributed by atoms with E-state index in [1.165, 1.54) is 11.1 Å². The van der Waals surface area contributed by atoms with E-state index in [9.17, 15) is 0 Å². The molecule has 0 saturated heterocycles. The first-order valence-electron chi connectivity index (χ1n) is 5.50. The molecule has 0 atom stereocenters. The Morgan fingerprint density at radius 2 is 1.43 bits per heavy atom. The maximum absolute atomic E-state index is 5.50. The van der Waals surface area contributed by atoms with Crippen molar-refractivity contribution in [2.45, 2.75) is 40.4 Å². The Bertz CT molecular complexity index is 223. The molecule has 0 spiro atoms. The van der Waals surface area contributed by atoms with Gasteiger partial charge in [-0.3, -0.25) is 0 Å². The molecule has 0 aliphatic rings. The van der Waals surface area contributed by atoms with E-state index in [-0.39, 0.29) is 0 Å². The lowest BCUT2D eigenvalue weighted by atomic mass is 9.95. The van der Waals surface area contributed by atoms with E-state index in [1.54, 1.807) is 0 Å². The molecule has 0 N–H and O–H groups in total. The number of hydrogen-bond acceptors (Lipinski definition) is 0. The molecule has 0 saturated carbocycles. The Morgan fingerprint density at radius 3 is 1.79 bits per heavy atom. The Morgan fingerprint density at radius 1 is 1.00 bits per heavy atom. The van der Waals surface area contributed by atoms with Crippen LogP contribution < -0.4 is 0 Å². The molecule has 0 aliphatic carbocycles. The summed E-state index contributed by atoms with van der Waals surface area (Å²) in [7, 11) is 5.50. The third-order valence-electron chi connectivity index (χ3n) is 1.90. The van der Waals surface area contributed by atoms with Crippen LogP contribution >= 0.6 is 0 Å². The van der Waals surface area contributed by atoms with E-state index in [4.69, 9.17) is 7.85 Å². The summed E-state index contributed by atoms with van der Waals surface area (Å²) in [6.45, 7) is 8.47. The summed E-state index contributed by atoms with van der Waals surface area (Å²) in [5, 5.41) is 0. The van der Waals surface area contributed by atoms with E-state index in [0.29, 0.717) is 6.32 Å². The van der Waals surface area contributed by atoms with Gasteiger partial charge in [0.1, 0.15) is 0 Å². The molecule has 1 heteroatoms. The first-order valence-corrected chi connectivity index (χ1v) is 5.50. The molecule has 76 valence electrons. The van der Waals surface area contributed by atoms with Gasteiger partial charge in [-0.25, -0.2) is 0 Å². The van der Waals surface area contributed by atoms with Crippen molar-refractivity contribution in [3.63, 3.8) is 0 Å². The highest BCUT2D eigenvalue weighted by molar-refractivity contribution is 6.08. The predicted octanol–water partition coefficient (Wildman–Crippen LogP) is 3.58. The van der Waals surface area contributed by atoms with Crippen molar-refractivity contribution in [2.75, 3.05) is 0 Å². The predicted molar refractivity (Wildman–Crippen MR) is 65.8 cm³/mol. The highest BCUT2D eigenvalue weighted by Crippen LogP contribution is 2.09. The Labute approximate surface area is 90.1 Å². The van der Waals surface area contributed by atoms with Crippen LogP contribution in [-0.2, 0) is 12.7 Å². The maximum atomic E-state index is 5.50. The minimum Gasteiger partial charge on any atom is -0.0683 e. The van der Waals surface area contributed by atoms with Crippen LogP contribution in [0.5, 0.6) is 0 Å². The van der Waals surface area contributed by atoms with E-state index < -0.39 is 0 Å².